The summed E-state index contributed by atoms with van der Waals surface area (Å²) in [5.41, 5.74) is 1.78. The topological polar surface area (TPSA) is 50.7 Å². The van der Waals surface area contributed by atoms with Gasteiger partial charge in [-0.3, -0.25) is 4.79 Å². The molecule has 0 saturated carbocycles. The number of rotatable bonds is 5. The number of aryl methyl sites for hydroxylation is 1. The zero-order valence-corrected chi connectivity index (χ0v) is 13.0. The number of hydrogen-bond acceptors (Lipinski definition) is 3. The van der Waals surface area contributed by atoms with E-state index in [0.717, 1.165) is 17.5 Å². The van der Waals surface area contributed by atoms with E-state index in [9.17, 15) is 4.79 Å². The molecule has 4 nitrogen and oxygen atoms in total. The summed E-state index contributed by atoms with van der Waals surface area (Å²) in [4.78, 5) is 17.6. The average Bonchev–Trinajstić information content (AvgIpc) is 2.37. The maximum atomic E-state index is 12.2. The largest absolute Gasteiger partial charge is 0.389 e. The van der Waals surface area contributed by atoms with Gasteiger partial charge in [-0.1, -0.05) is 41.9 Å². The first-order chi connectivity index (χ1) is 9.33. The molecule has 0 fully saturated rings. The molecule has 4 heteroatoms. The summed E-state index contributed by atoms with van der Waals surface area (Å²) in [6.07, 6.45) is 0.882. The van der Waals surface area contributed by atoms with E-state index in [0.29, 0.717) is 12.3 Å². The molecule has 0 unspecified atom stereocenters. The van der Waals surface area contributed by atoms with Gasteiger partial charge in [0.1, 0.15) is 5.60 Å². The van der Waals surface area contributed by atoms with E-state index >= 15 is 0 Å². The first-order valence-electron chi connectivity index (χ1n) is 6.95. The molecule has 110 valence electrons. The van der Waals surface area contributed by atoms with E-state index in [2.05, 4.69) is 10.5 Å². The summed E-state index contributed by atoms with van der Waals surface area (Å²) in [5, 5.41) is 6.88. The molecule has 0 aromatic heterocycles. The van der Waals surface area contributed by atoms with Crippen molar-refractivity contribution >= 4 is 11.6 Å². The van der Waals surface area contributed by atoms with Gasteiger partial charge in [0.15, 0.2) is 5.71 Å². The van der Waals surface area contributed by atoms with Crippen LogP contribution in [0.3, 0.4) is 0 Å². The Morgan fingerprint density at radius 1 is 1.25 bits per heavy atom. The number of hydrogen-bond donors (Lipinski definition) is 1. The molecule has 0 saturated heterocycles. The zero-order valence-electron chi connectivity index (χ0n) is 13.0. The lowest BCUT2D eigenvalue weighted by molar-refractivity contribution is -0.115. The molecule has 0 spiro atoms. The second-order valence-electron chi connectivity index (χ2n) is 5.77. The monoisotopic (exact) mass is 276 g/mol. The molecule has 0 heterocycles. The Balaban J connectivity index is 3.00. The standard InChI is InChI=1S/C16H24N2O2/c1-6-11-17-15(19)14(18-20-16(3,4)5)13-9-7-12(2)8-10-13/h7-10H,6,11H2,1-5H3,(H,17,19)/b18-14+. The number of oxime groups is 1. The zero-order chi connectivity index (χ0) is 15.2. The molecule has 0 radical (unpaired) electrons. The third-order valence-electron chi connectivity index (χ3n) is 2.49. The Bertz CT molecular complexity index is 470. The molecule has 0 atom stereocenters. The van der Waals surface area contributed by atoms with Gasteiger partial charge in [0.05, 0.1) is 0 Å². The predicted molar refractivity (Wildman–Crippen MR) is 81.9 cm³/mol. The van der Waals surface area contributed by atoms with Crippen molar-refractivity contribution < 1.29 is 9.63 Å². The van der Waals surface area contributed by atoms with Crippen molar-refractivity contribution in [1.82, 2.24) is 5.32 Å². The number of amides is 1. The first kappa shape index (κ1) is 16.2. The molecule has 0 aliphatic rings. The molecule has 1 rings (SSSR count). The van der Waals surface area contributed by atoms with Crippen LogP contribution < -0.4 is 5.32 Å². The predicted octanol–water partition coefficient (Wildman–Crippen LogP) is 3.04. The smallest absolute Gasteiger partial charge is 0.273 e. The summed E-state index contributed by atoms with van der Waals surface area (Å²) in [5.74, 6) is -0.208. The molecule has 1 aromatic rings. The van der Waals surface area contributed by atoms with Crippen LogP contribution in [0.2, 0.25) is 0 Å². The highest BCUT2D eigenvalue weighted by atomic mass is 16.6. The fourth-order valence-corrected chi connectivity index (χ4v) is 1.44. The average molecular weight is 276 g/mol. The maximum Gasteiger partial charge on any atom is 0.273 e. The SMILES string of the molecule is CCCNC(=O)/C(=N/OC(C)(C)C)c1ccc(C)cc1. The number of carbonyl (C=O) groups is 1. The van der Waals surface area contributed by atoms with E-state index in [4.69, 9.17) is 4.84 Å². The van der Waals surface area contributed by atoms with Crippen molar-refractivity contribution in [3.8, 4) is 0 Å². The van der Waals surface area contributed by atoms with Gasteiger partial charge in [-0.05, 0) is 34.1 Å². The van der Waals surface area contributed by atoms with Gasteiger partial charge in [0.25, 0.3) is 5.91 Å². The molecule has 0 aliphatic carbocycles. The van der Waals surface area contributed by atoms with Crippen molar-refractivity contribution in [1.29, 1.82) is 0 Å². The van der Waals surface area contributed by atoms with E-state index in [1.54, 1.807) is 0 Å². The van der Waals surface area contributed by atoms with E-state index in [1.807, 2.05) is 58.9 Å². The van der Waals surface area contributed by atoms with Gasteiger partial charge in [0.2, 0.25) is 0 Å². The normalized spacial score (nSPS) is 12.2. The highest BCUT2D eigenvalue weighted by Gasteiger charge is 2.17. The first-order valence-corrected chi connectivity index (χ1v) is 6.95. The highest BCUT2D eigenvalue weighted by Crippen LogP contribution is 2.11. The van der Waals surface area contributed by atoms with Crippen LogP contribution in [0.25, 0.3) is 0 Å². The fourth-order valence-electron chi connectivity index (χ4n) is 1.44. The number of benzene rings is 1. The third kappa shape index (κ3) is 5.43. The Morgan fingerprint density at radius 3 is 2.35 bits per heavy atom. The number of nitrogens with zero attached hydrogens (tertiary/aromatic N) is 1. The molecule has 1 aromatic carbocycles. The van der Waals surface area contributed by atoms with Crippen LogP contribution >= 0.6 is 0 Å². The second-order valence-corrected chi connectivity index (χ2v) is 5.77. The maximum absolute atomic E-state index is 12.2. The number of nitrogens with one attached hydrogen (secondary N) is 1. The van der Waals surface area contributed by atoms with Gasteiger partial charge in [0, 0.05) is 12.1 Å². The Labute approximate surface area is 121 Å². The molecule has 20 heavy (non-hydrogen) atoms. The van der Waals surface area contributed by atoms with Crippen LogP contribution in [0.1, 0.15) is 45.2 Å². The summed E-state index contributed by atoms with van der Waals surface area (Å²) in [6, 6.07) is 7.67. The lowest BCUT2D eigenvalue weighted by Gasteiger charge is -2.17. The van der Waals surface area contributed by atoms with Crippen LogP contribution in [0, 0.1) is 6.92 Å². The quantitative estimate of drug-likeness (QED) is 0.664. The van der Waals surface area contributed by atoms with Gasteiger partial charge < -0.3 is 10.2 Å². The van der Waals surface area contributed by atoms with Crippen molar-refractivity contribution in [2.45, 2.75) is 46.6 Å². The van der Waals surface area contributed by atoms with Crippen LogP contribution in [0.15, 0.2) is 29.4 Å². The molecular weight excluding hydrogens is 252 g/mol. The summed E-state index contributed by atoms with van der Waals surface area (Å²) >= 11 is 0. The third-order valence-corrected chi connectivity index (χ3v) is 2.49. The summed E-state index contributed by atoms with van der Waals surface area (Å²) < 4.78 is 0. The Kier molecular flexibility index (Phi) is 5.74. The van der Waals surface area contributed by atoms with Gasteiger partial charge in [-0.2, -0.15) is 0 Å². The summed E-state index contributed by atoms with van der Waals surface area (Å²) in [7, 11) is 0. The van der Waals surface area contributed by atoms with Crippen molar-refractivity contribution in [2.24, 2.45) is 5.16 Å². The summed E-state index contributed by atoms with van der Waals surface area (Å²) in [6.45, 7) is 10.3. The minimum Gasteiger partial charge on any atom is -0.389 e. The van der Waals surface area contributed by atoms with E-state index < -0.39 is 5.60 Å². The van der Waals surface area contributed by atoms with Crippen LogP contribution in [0.4, 0.5) is 0 Å². The van der Waals surface area contributed by atoms with Crippen LogP contribution in [-0.2, 0) is 9.63 Å². The van der Waals surface area contributed by atoms with Crippen molar-refractivity contribution in [3.63, 3.8) is 0 Å². The Morgan fingerprint density at radius 2 is 1.85 bits per heavy atom. The molecular formula is C16H24N2O2. The van der Waals surface area contributed by atoms with Gasteiger partial charge in [-0.25, -0.2) is 0 Å². The fraction of sp³-hybridized carbons (Fsp3) is 0.500. The minimum absolute atomic E-state index is 0.208. The molecule has 1 N–H and O–H groups in total. The molecule has 0 aliphatic heterocycles. The van der Waals surface area contributed by atoms with Gasteiger partial charge in [-0.15, -0.1) is 0 Å². The second kappa shape index (κ2) is 7.08. The van der Waals surface area contributed by atoms with Gasteiger partial charge >= 0.3 is 0 Å². The van der Waals surface area contributed by atoms with Crippen molar-refractivity contribution in [2.75, 3.05) is 6.54 Å². The lowest BCUT2D eigenvalue weighted by atomic mass is 10.1. The van der Waals surface area contributed by atoms with E-state index in [-0.39, 0.29) is 5.91 Å². The highest BCUT2D eigenvalue weighted by molar-refractivity contribution is 6.45. The lowest BCUT2D eigenvalue weighted by Crippen LogP contribution is -2.33. The minimum atomic E-state index is -0.430. The molecule has 0 bridgehead atoms. The van der Waals surface area contributed by atoms with E-state index in [1.165, 1.54) is 0 Å². The van der Waals surface area contributed by atoms with Crippen LogP contribution in [0.5, 0.6) is 0 Å². The van der Waals surface area contributed by atoms with Crippen LogP contribution in [-0.4, -0.2) is 23.8 Å². The van der Waals surface area contributed by atoms with Crippen molar-refractivity contribution in [3.05, 3.63) is 35.4 Å². The molecule has 1 amide bonds. The number of carbonyl (C=O) groups excluding carboxylic acids is 1. The Hall–Kier alpha value is -1.84.